The van der Waals surface area contributed by atoms with Crippen LogP contribution >= 0.6 is 11.3 Å². The number of rotatable bonds is 6. The van der Waals surface area contributed by atoms with Crippen molar-refractivity contribution < 1.29 is 14.3 Å². The summed E-state index contributed by atoms with van der Waals surface area (Å²) >= 11 is 1.14. The summed E-state index contributed by atoms with van der Waals surface area (Å²) in [6.45, 7) is 3.84. The van der Waals surface area contributed by atoms with Crippen molar-refractivity contribution in [3.8, 4) is 0 Å². The first-order chi connectivity index (χ1) is 12.7. The lowest BCUT2D eigenvalue weighted by Crippen LogP contribution is -2.29. The van der Waals surface area contributed by atoms with Crippen LogP contribution in [0, 0.1) is 0 Å². The fourth-order valence-corrected chi connectivity index (χ4v) is 3.92. The molecule has 1 aromatic carbocycles. The fraction of sp³-hybridized carbons (Fsp3) is 0.400. The Morgan fingerprint density at radius 3 is 2.35 bits per heavy atom. The lowest BCUT2D eigenvalue weighted by atomic mass is 10.1. The second-order valence-corrected chi connectivity index (χ2v) is 7.58. The molecule has 0 saturated carbocycles. The molecule has 1 fully saturated rings. The van der Waals surface area contributed by atoms with Gasteiger partial charge >= 0.3 is 5.97 Å². The Morgan fingerprint density at radius 1 is 1.00 bits per heavy atom. The summed E-state index contributed by atoms with van der Waals surface area (Å²) in [5.74, 6) is -0.596. The molecule has 6 heteroatoms. The van der Waals surface area contributed by atoms with Gasteiger partial charge in [-0.15, -0.1) is 11.3 Å². The summed E-state index contributed by atoms with van der Waals surface area (Å²) < 4.78 is 4.66. The van der Waals surface area contributed by atoms with Gasteiger partial charge in [0.2, 0.25) is 0 Å². The average Bonchev–Trinajstić information content (AvgIpc) is 3.18. The molecule has 1 aliphatic heterocycles. The zero-order valence-corrected chi connectivity index (χ0v) is 15.8. The molecule has 5 nitrogen and oxygen atoms in total. The lowest BCUT2D eigenvalue weighted by molar-refractivity contribution is 0.0606. The molecular weight excluding hydrogens is 348 g/mol. The van der Waals surface area contributed by atoms with E-state index in [1.807, 2.05) is 0 Å². The normalized spacial score (nSPS) is 14.8. The lowest BCUT2D eigenvalue weighted by Gasteiger charge is -2.26. The molecule has 1 aromatic heterocycles. The van der Waals surface area contributed by atoms with Crippen molar-refractivity contribution in [3.63, 3.8) is 0 Å². The van der Waals surface area contributed by atoms with Gasteiger partial charge in [0.1, 0.15) is 4.88 Å². The highest BCUT2D eigenvalue weighted by Gasteiger charge is 2.14. The molecule has 0 bridgehead atoms. The van der Waals surface area contributed by atoms with Gasteiger partial charge in [-0.25, -0.2) is 4.79 Å². The number of methoxy groups -OCH3 is 1. The number of likely N-dealkylation sites (tertiary alicyclic amines) is 1. The third-order valence-electron chi connectivity index (χ3n) is 4.55. The molecule has 0 spiro atoms. The Labute approximate surface area is 158 Å². The summed E-state index contributed by atoms with van der Waals surface area (Å²) in [6.07, 6.45) is 3.94. The van der Waals surface area contributed by atoms with Crippen LogP contribution in [0.2, 0.25) is 0 Å². The zero-order chi connectivity index (χ0) is 18.4. The van der Waals surface area contributed by atoms with Crippen LogP contribution in [0.5, 0.6) is 0 Å². The van der Waals surface area contributed by atoms with Gasteiger partial charge in [0.15, 0.2) is 0 Å². The molecule has 0 radical (unpaired) electrons. The molecule has 2 aromatic rings. The molecule has 2 heterocycles. The first-order valence-corrected chi connectivity index (χ1v) is 9.74. The summed E-state index contributed by atoms with van der Waals surface area (Å²) in [7, 11) is 1.33. The molecule has 1 aliphatic rings. The number of thiophene rings is 1. The Kier molecular flexibility index (Phi) is 6.41. The van der Waals surface area contributed by atoms with Gasteiger partial charge in [0, 0.05) is 13.1 Å². The van der Waals surface area contributed by atoms with E-state index in [1.165, 1.54) is 45.0 Å². The third-order valence-corrected chi connectivity index (χ3v) is 5.61. The van der Waals surface area contributed by atoms with E-state index in [1.54, 1.807) is 12.1 Å². The number of benzene rings is 1. The summed E-state index contributed by atoms with van der Waals surface area (Å²) in [6, 6.07) is 11.7. The van der Waals surface area contributed by atoms with Gasteiger partial charge < -0.3 is 10.1 Å². The van der Waals surface area contributed by atoms with Gasteiger partial charge in [-0.3, -0.25) is 9.69 Å². The highest BCUT2D eigenvalue weighted by molar-refractivity contribution is 7.15. The number of piperidine rings is 1. The van der Waals surface area contributed by atoms with E-state index in [9.17, 15) is 9.59 Å². The molecule has 0 unspecified atom stereocenters. The van der Waals surface area contributed by atoms with E-state index < -0.39 is 5.97 Å². The quantitative estimate of drug-likeness (QED) is 0.789. The number of hydrogen-bond donors (Lipinski definition) is 1. The minimum atomic E-state index is -0.418. The number of hydrogen-bond acceptors (Lipinski definition) is 5. The first kappa shape index (κ1) is 18.6. The Hall–Kier alpha value is -2.18. The number of carbonyl (C=O) groups excluding carboxylic acids is 2. The standard InChI is InChI=1S/C20H24N2O3S/c1-25-20(24)18-10-9-17(26-18)19(23)21-13-15-5-7-16(8-6-15)14-22-11-3-2-4-12-22/h5-10H,2-4,11-14H2,1H3,(H,21,23). The fourth-order valence-electron chi connectivity index (χ4n) is 3.08. The predicted octanol–water partition coefficient (Wildman–Crippen LogP) is 3.45. The van der Waals surface area contributed by atoms with Crippen molar-refractivity contribution in [1.29, 1.82) is 0 Å². The Morgan fingerprint density at radius 2 is 1.65 bits per heavy atom. The van der Waals surface area contributed by atoms with Crippen LogP contribution in [-0.2, 0) is 17.8 Å². The van der Waals surface area contributed by atoms with E-state index in [0.717, 1.165) is 23.4 Å². The van der Waals surface area contributed by atoms with Crippen molar-refractivity contribution in [2.45, 2.75) is 32.4 Å². The molecule has 0 atom stereocenters. The van der Waals surface area contributed by atoms with Crippen LogP contribution in [0.4, 0.5) is 0 Å². The maximum atomic E-state index is 12.2. The van der Waals surface area contributed by atoms with Crippen LogP contribution in [-0.4, -0.2) is 37.0 Å². The van der Waals surface area contributed by atoms with Gasteiger partial charge in [-0.05, 0) is 49.2 Å². The van der Waals surface area contributed by atoms with E-state index in [2.05, 4.69) is 39.2 Å². The average molecular weight is 372 g/mol. The number of esters is 1. The summed E-state index contributed by atoms with van der Waals surface area (Å²) in [4.78, 5) is 27.1. The van der Waals surface area contributed by atoms with Crippen molar-refractivity contribution in [1.82, 2.24) is 10.2 Å². The van der Waals surface area contributed by atoms with Crippen molar-refractivity contribution >= 4 is 23.2 Å². The van der Waals surface area contributed by atoms with Crippen molar-refractivity contribution in [2.75, 3.05) is 20.2 Å². The minimum Gasteiger partial charge on any atom is -0.465 e. The molecule has 1 saturated heterocycles. The first-order valence-electron chi connectivity index (χ1n) is 8.92. The maximum absolute atomic E-state index is 12.2. The molecule has 0 aliphatic carbocycles. The third kappa shape index (κ3) is 4.93. The number of amides is 1. The second kappa shape index (κ2) is 8.96. The van der Waals surface area contributed by atoms with E-state index in [-0.39, 0.29) is 5.91 Å². The van der Waals surface area contributed by atoms with Crippen LogP contribution in [0.25, 0.3) is 0 Å². The molecule has 138 valence electrons. The van der Waals surface area contributed by atoms with Crippen molar-refractivity contribution in [3.05, 3.63) is 57.3 Å². The van der Waals surface area contributed by atoms with Gasteiger partial charge in [0.05, 0.1) is 12.0 Å². The molecule has 1 N–H and O–H groups in total. The molecular formula is C20H24N2O3S. The summed E-state index contributed by atoms with van der Waals surface area (Å²) in [5.41, 5.74) is 2.37. The number of nitrogens with one attached hydrogen (secondary N) is 1. The highest BCUT2D eigenvalue weighted by Crippen LogP contribution is 2.18. The number of nitrogens with zero attached hydrogens (tertiary/aromatic N) is 1. The molecule has 3 rings (SSSR count). The van der Waals surface area contributed by atoms with E-state index >= 15 is 0 Å². The number of carbonyl (C=O) groups is 2. The smallest absolute Gasteiger partial charge is 0.348 e. The monoisotopic (exact) mass is 372 g/mol. The van der Waals surface area contributed by atoms with Crippen LogP contribution in [0.3, 0.4) is 0 Å². The Bertz CT molecular complexity index is 749. The largest absolute Gasteiger partial charge is 0.465 e. The van der Waals surface area contributed by atoms with E-state index in [4.69, 9.17) is 0 Å². The van der Waals surface area contributed by atoms with Crippen molar-refractivity contribution in [2.24, 2.45) is 0 Å². The van der Waals surface area contributed by atoms with E-state index in [0.29, 0.717) is 16.3 Å². The maximum Gasteiger partial charge on any atom is 0.348 e. The zero-order valence-electron chi connectivity index (χ0n) is 15.0. The van der Waals surface area contributed by atoms with Gasteiger partial charge in [-0.2, -0.15) is 0 Å². The van der Waals surface area contributed by atoms with Crippen LogP contribution in [0.15, 0.2) is 36.4 Å². The summed E-state index contributed by atoms with van der Waals surface area (Å²) in [5, 5.41) is 2.90. The minimum absolute atomic E-state index is 0.178. The Balaban J connectivity index is 1.50. The van der Waals surface area contributed by atoms with Gasteiger partial charge in [0.25, 0.3) is 5.91 Å². The predicted molar refractivity (Wildman–Crippen MR) is 102 cm³/mol. The topological polar surface area (TPSA) is 58.6 Å². The van der Waals surface area contributed by atoms with Gasteiger partial charge in [-0.1, -0.05) is 30.7 Å². The van der Waals surface area contributed by atoms with Crippen LogP contribution in [0.1, 0.15) is 49.7 Å². The highest BCUT2D eigenvalue weighted by atomic mass is 32.1. The number of ether oxygens (including phenoxy) is 1. The molecule has 26 heavy (non-hydrogen) atoms. The second-order valence-electron chi connectivity index (χ2n) is 6.49. The molecule has 1 amide bonds. The SMILES string of the molecule is COC(=O)c1ccc(C(=O)NCc2ccc(CN3CCCCC3)cc2)s1. The van der Waals surface area contributed by atoms with Crippen LogP contribution < -0.4 is 5.32 Å².